The number of amides is 1. The van der Waals surface area contributed by atoms with Crippen LogP contribution in [0.25, 0.3) is 0 Å². The maximum Gasteiger partial charge on any atom is 0.251 e. The first-order valence-corrected chi connectivity index (χ1v) is 7.15. The van der Waals surface area contributed by atoms with Gasteiger partial charge in [-0.25, -0.2) is 0 Å². The van der Waals surface area contributed by atoms with E-state index in [1.807, 2.05) is 13.1 Å². The second-order valence-electron chi connectivity index (χ2n) is 4.82. The number of aromatic amines is 1. The van der Waals surface area contributed by atoms with Gasteiger partial charge in [0.15, 0.2) is 0 Å². The molecular formula is C15H18N4OS. The van der Waals surface area contributed by atoms with Crippen molar-refractivity contribution in [2.75, 3.05) is 6.54 Å². The van der Waals surface area contributed by atoms with Gasteiger partial charge in [-0.1, -0.05) is 24.4 Å². The number of H-pyrrole nitrogens is 1. The van der Waals surface area contributed by atoms with Gasteiger partial charge in [0, 0.05) is 23.4 Å². The molecule has 2 rings (SSSR count). The molecule has 0 fully saturated rings. The van der Waals surface area contributed by atoms with Gasteiger partial charge in [-0.2, -0.15) is 5.10 Å². The summed E-state index contributed by atoms with van der Waals surface area (Å²) >= 11 is 4.88. The Kier molecular flexibility index (Phi) is 5.05. The molecule has 0 saturated carbocycles. The molecule has 6 heteroatoms. The average Bonchev–Trinajstić information content (AvgIpc) is 2.89. The fraction of sp³-hybridized carbons (Fsp3) is 0.267. The van der Waals surface area contributed by atoms with Gasteiger partial charge < -0.3 is 11.1 Å². The lowest BCUT2D eigenvalue weighted by atomic mass is 10.1. The van der Waals surface area contributed by atoms with Gasteiger partial charge in [-0.15, -0.1) is 0 Å². The van der Waals surface area contributed by atoms with Crippen LogP contribution in [-0.4, -0.2) is 27.6 Å². The number of thiocarbonyl (C=S) groups is 1. The Morgan fingerprint density at radius 2 is 2.00 bits per heavy atom. The summed E-state index contributed by atoms with van der Waals surface area (Å²) in [5, 5.41) is 9.77. The summed E-state index contributed by atoms with van der Waals surface area (Å²) in [5.74, 6) is -0.0894. The fourth-order valence-corrected chi connectivity index (χ4v) is 2.13. The van der Waals surface area contributed by atoms with Gasteiger partial charge in [0.25, 0.3) is 5.91 Å². The van der Waals surface area contributed by atoms with Crippen molar-refractivity contribution in [1.29, 1.82) is 0 Å². The number of rotatable bonds is 6. The van der Waals surface area contributed by atoms with Crippen molar-refractivity contribution in [3.05, 3.63) is 52.8 Å². The van der Waals surface area contributed by atoms with Gasteiger partial charge in [0.1, 0.15) is 4.99 Å². The first-order chi connectivity index (χ1) is 10.1. The Morgan fingerprint density at radius 1 is 1.33 bits per heavy atom. The number of hydrogen-bond donors (Lipinski definition) is 3. The summed E-state index contributed by atoms with van der Waals surface area (Å²) in [4.78, 5) is 12.3. The SMILES string of the molecule is Cc1[nH]ncc1CCCNC(=O)c1ccc(C(N)=S)cc1. The van der Waals surface area contributed by atoms with Crippen LogP contribution in [0.5, 0.6) is 0 Å². The minimum absolute atomic E-state index is 0.0894. The molecule has 0 radical (unpaired) electrons. The predicted octanol–water partition coefficient (Wildman–Crippen LogP) is 1.71. The van der Waals surface area contributed by atoms with Crippen LogP contribution >= 0.6 is 12.2 Å². The number of nitrogens with zero attached hydrogens (tertiary/aromatic N) is 1. The summed E-state index contributed by atoms with van der Waals surface area (Å²) in [5.41, 5.74) is 9.15. The van der Waals surface area contributed by atoms with E-state index in [2.05, 4.69) is 15.5 Å². The number of aryl methyl sites for hydroxylation is 2. The number of hydrogen-bond acceptors (Lipinski definition) is 3. The van der Waals surface area contributed by atoms with E-state index in [9.17, 15) is 4.79 Å². The molecule has 1 aromatic carbocycles. The topological polar surface area (TPSA) is 83.8 Å². The van der Waals surface area contributed by atoms with Crippen LogP contribution in [0, 0.1) is 6.92 Å². The maximum atomic E-state index is 12.0. The molecule has 4 N–H and O–H groups in total. The number of carbonyl (C=O) groups excluding carboxylic acids is 1. The molecule has 0 bridgehead atoms. The first kappa shape index (κ1) is 15.2. The van der Waals surface area contributed by atoms with Gasteiger partial charge in [-0.3, -0.25) is 9.89 Å². The van der Waals surface area contributed by atoms with Gasteiger partial charge in [0.2, 0.25) is 0 Å². The molecule has 0 unspecified atom stereocenters. The molecule has 2 aromatic rings. The van der Waals surface area contributed by atoms with Crippen molar-refractivity contribution in [1.82, 2.24) is 15.5 Å². The molecule has 1 heterocycles. The fourth-order valence-electron chi connectivity index (χ4n) is 2.00. The molecule has 21 heavy (non-hydrogen) atoms. The summed E-state index contributed by atoms with van der Waals surface area (Å²) in [6.45, 7) is 2.62. The van der Waals surface area contributed by atoms with Crippen molar-refractivity contribution in [3.8, 4) is 0 Å². The van der Waals surface area contributed by atoms with E-state index in [1.165, 1.54) is 5.56 Å². The molecule has 110 valence electrons. The summed E-state index contributed by atoms with van der Waals surface area (Å²) in [6, 6.07) is 6.96. The van der Waals surface area contributed by atoms with Crippen LogP contribution in [0.4, 0.5) is 0 Å². The lowest BCUT2D eigenvalue weighted by Gasteiger charge is -2.06. The minimum Gasteiger partial charge on any atom is -0.389 e. The molecule has 1 amide bonds. The van der Waals surface area contributed by atoms with E-state index in [1.54, 1.807) is 24.3 Å². The molecule has 0 aliphatic carbocycles. The zero-order valence-corrected chi connectivity index (χ0v) is 12.7. The maximum absolute atomic E-state index is 12.0. The number of nitrogens with one attached hydrogen (secondary N) is 2. The van der Waals surface area contributed by atoms with E-state index in [-0.39, 0.29) is 5.91 Å². The van der Waals surface area contributed by atoms with Crippen LogP contribution in [0.15, 0.2) is 30.5 Å². The zero-order chi connectivity index (χ0) is 15.2. The molecule has 0 aliphatic heterocycles. The van der Waals surface area contributed by atoms with Crippen LogP contribution < -0.4 is 11.1 Å². The van der Waals surface area contributed by atoms with Gasteiger partial charge in [0.05, 0.1) is 6.20 Å². The van der Waals surface area contributed by atoms with Crippen molar-refractivity contribution in [2.45, 2.75) is 19.8 Å². The van der Waals surface area contributed by atoms with Crippen molar-refractivity contribution in [2.24, 2.45) is 5.73 Å². The van der Waals surface area contributed by atoms with Crippen molar-refractivity contribution >= 4 is 23.1 Å². The summed E-state index contributed by atoms with van der Waals surface area (Å²) in [7, 11) is 0. The van der Waals surface area contributed by atoms with E-state index >= 15 is 0 Å². The van der Waals surface area contributed by atoms with Crippen LogP contribution in [0.1, 0.15) is 33.6 Å². The molecule has 0 aliphatic rings. The second-order valence-corrected chi connectivity index (χ2v) is 5.26. The Labute approximate surface area is 128 Å². The van der Waals surface area contributed by atoms with E-state index in [0.29, 0.717) is 17.1 Å². The molecule has 0 saturated heterocycles. The Morgan fingerprint density at radius 3 is 2.57 bits per heavy atom. The minimum atomic E-state index is -0.0894. The molecular weight excluding hydrogens is 284 g/mol. The van der Waals surface area contributed by atoms with Crippen molar-refractivity contribution in [3.63, 3.8) is 0 Å². The third-order valence-corrected chi connectivity index (χ3v) is 3.51. The lowest BCUT2D eigenvalue weighted by Crippen LogP contribution is -2.24. The largest absolute Gasteiger partial charge is 0.389 e. The third kappa shape index (κ3) is 4.13. The highest BCUT2D eigenvalue weighted by Gasteiger charge is 2.06. The Hall–Kier alpha value is -2.21. The Bertz CT molecular complexity index is 633. The van der Waals surface area contributed by atoms with E-state index in [4.69, 9.17) is 18.0 Å². The lowest BCUT2D eigenvalue weighted by molar-refractivity contribution is 0.0953. The average molecular weight is 302 g/mol. The smallest absolute Gasteiger partial charge is 0.251 e. The van der Waals surface area contributed by atoms with Crippen molar-refractivity contribution < 1.29 is 4.79 Å². The molecule has 0 atom stereocenters. The number of nitrogens with two attached hydrogens (primary N) is 1. The number of carbonyl (C=O) groups is 1. The van der Waals surface area contributed by atoms with Crippen LogP contribution in [0.3, 0.4) is 0 Å². The predicted molar refractivity (Wildman–Crippen MR) is 86.3 cm³/mol. The molecule has 5 nitrogen and oxygen atoms in total. The van der Waals surface area contributed by atoms with Gasteiger partial charge >= 0.3 is 0 Å². The quantitative estimate of drug-likeness (QED) is 0.560. The number of aromatic nitrogens is 2. The highest BCUT2D eigenvalue weighted by atomic mass is 32.1. The molecule has 0 spiro atoms. The highest BCUT2D eigenvalue weighted by molar-refractivity contribution is 7.80. The number of benzene rings is 1. The Balaban J connectivity index is 1.79. The summed E-state index contributed by atoms with van der Waals surface area (Å²) in [6.07, 6.45) is 3.59. The summed E-state index contributed by atoms with van der Waals surface area (Å²) < 4.78 is 0. The van der Waals surface area contributed by atoms with E-state index < -0.39 is 0 Å². The second kappa shape index (κ2) is 6.99. The van der Waals surface area contributed by atoms with E-state index in [0.717, 1.165) is 24.1 Å². The zero-order valence-electron chi connectivity index (χ0n) is 11.8. The highest BCUT2D eigenvalue weighted by Crippen LogP contribution is 2.06. The van der Waals surface area contributed by atoms with Crippen LogP contribution in [-0.2, 0) is 6.42 Å². The monoisotopic (exact) mass is 302 g/mol. The third-order valence-electron chi connectivity index (χ3n) is 3.27. The van der Waals surface area contributed by atoms with Gasteiger partial charge in [-0.05, 0) is 37.5 Å². The molecule has 1 aromatic heterocycles. The van der Waals surface area contributed by atoms with Crippen LogP contribution in [0.2, 0.25) is 0 Å². The normalized spacial score (nSPS) is 10.3. The standard InChI is InChI=1S/C15H18N4OS/c1-10-13(9-18-19-10)3-2-8-17-15(20)12-6-4-11(5-7-12)14(16)21/h4-7,9H,2-3,8H2,1H3,(H2,16,21)(H,17,20)(H,18,19). The first-order valence-electron chi connectivity index (χ1n) is 6.75.